The van der Waals surface area contributed by atoms with Gasteiger partial charge < -0.3 is 10.2 Å². The molecule has 0 spiro atoms. The van der Waals surface area contributed by atoms with Gasteiger partial charge in [-0.05, 0) is 56.8 Å². The molecule has 1 aromatic rings. The van der Waals surface area contributed by atoms with E-state index in [2.05, 4.69) is 17.1 Å². The summed E-state index contributed by atoms with van der Waals surface area (Å²) in [5, 5.41) is 4.12. The van der Waals surface area contributed by atoms with Crippen LogP contribution in [0.2, 0.25) is 5.02 Å². The Bertz CT molecular complexity index is 504. The van der Waals surface area contributed by atoms with Crippen LogP contribution in [-0.4, -0.2) is 29.9 Å². The summed E-state index contributed by atoms with van der Waals surface area (Å²) in [4.78, 5) is 15.1. The van der Waals surface area contributed by atoms with Crippen molar-refractivity contribution in [3.05, 3.63) is 34.9 Å². The van der Waals surface area contributed by atoms with Crippen LogP contribution in [0.4, 0.5) is 0 Å². The Hall–Kier alpha value is -1.06. The predicted molar refractivity (Wildman–Crippen MR) is 85.2 cm³/mol. The second-order valence-electron chi connectivity index (χ2n) is 6.63. The van der Waals surface area contributed by atoms with E-state index in [0.29, 0.717) is 18.5 Å². The number of nitrogens with zero attached hydrogens (tertiary/aromatic N) is 1. The van der Waals surface area contributed by atoms with Crippen molar-refractivity contribution in [3.63, 3.8) is 0 Å². The van der Waals surface area contributed by atoms with Gasteiger partial charge in [0.05, 0.1) is 5.41 Å². The van der Waals surface area contributed by atoms with E-state index in [-0.39, 0.29) is 5.41 Å². The molecule has 2 fully saturated rings. The van der Waals surface area contributed by atoms with Crippen LogP contribution < -0.4 is 5.32 Å². The summed E-state index contributed by atoms with van der Waals surface area (Å²) in [7, 11) is 0. The minimum atomic E-state index is -0.243. The average molecular weight is 307 g/mol. The number of halogens is 1. The van der Waals surface area contributed by atoms with Crippen molar-refractivity contribution >= 4 is 17.5 Å². The van der Waals surface area contributed by atoms with Crippen LogP contribution in [0.1, 0.15) is 38.2 Å². The average Bonchev–Trinajstić information content (AvgIpc) is 3.31. The molecule has 21 heavy (non-hydrogen) atoms. The molecular formula is C17H23ClN2O. The monoisotopic (exact) mass is 306 g/mol. The lowest BCUT2D eigenvalue weighted by Gasteiger charge is -2.37. The van der Waals surface area contributed by atoms with E-state index in [1.165, 1.54) is 0 Å². The normalized spacial score (nSPS) is 25.6. The molecule has 1 aliphatic heterocycles. The Labute approximate surface area is 131 Å². The Morgan fingerprint density at radius 2 is 2.10 bits per heavy atom. The van der Waals surface area contributed by atoms with Crippen molar-refractivity contribution in [1.82, 2.24) is 10.2 Å². The van der Waals surface area contributed by atoms with Crippen molar-refractivity contribution in [2.75, 3.05) is 13.1 Å². The second-order valence-corrected chi connectivity index (χ2v) is 7.07. The molecule has 4 heteroatoms. The third-order valence-electron chi connectivity index (χ3n) is 4.63. The van der Waals surface area contributed by atoms with Gasteiger partial charge in [0.25, 0.3) is 0 Å². The zero-order chi connectivity index (χ0) is 14.9. The van der Waals surface area contributed by atoms with Gasteiger partial charge in [-0.1, -0.05) is 23.7 Å². The lowest BCUT2D eigenvalue weighted by atomic mass is 9.81. The van der Waals surface area contributed by atoms with Crippen LogP contribution in [0.25, 0.3) is 0 Å². The fourth-order valence-electron chi connectivity index (χ4n) is 3.12. The van der Waals surface area contributed by atoms with Gasteiger partial charge in [0.2, 0.25) is 5.91 Å². The summed E-state index contributed by atoms with van der Waals surface area (Å²) in [6.07, 6.45) is 4.36. The molecule has 3 nitrogen and oxygen atoms in total. The Morgan fingerprint density at radius 1 is 1.38 bits per heavy atom. The molecule has 1 heterocycles. The fraction of sp³-hybridized carbons (Fsp3) is 0.588. The van der Waals surface area contributed by atoms with E-state index in [4.69, 9.17) is 11.6 Å². The number of hydrogen-bond donors (Lipinski definition) is 1. The zero-order valence-corrected chi connectivity index (χ0v) is 13.3. The van der Waals surface area contributed by atoms with Gasteiger partial charge in [-0.15, -0.1) is 0 Å². The molecule has 1 aromatic carbocycles. The Balaban J connectivity index is 1.74. The Kier molecular flexibility index (Phi) is 4.23. The molecule has 1 unspecified atom stereocenters. The molecule has 1 amide bonds. The number of carbonyl (C=O) groups is 1. The largest absolute Gasteiger partial charge is 0.335 e. The van der Waals surface area contributed by atoms with Crippen molar-refractivity contribution in [1.29, 1.82) is 0 Å². The smallest absolute Gasteiger partial charge is 0.230 e. The molecule has 2 aliphatic rings. The lowest BCUT2D eigenvalue weighted by molar-refractivity contribution is -0.143. The number of benzene rings is 1. The van der Waals surface area contributed by atoms with Crippen LogP contribution in [0, 0.1) is 5.41 Å². The number of carbonyl (C=O) groups excluding carboxylic acids is 1. The Morgan fingerprint density at radius 3 is 2.67 bits per heavy atom. The van der Waals surface area contributed by atoms with E-state index in [1.807, 2.05) is 24.3 Å². The van der Waals surface area contributed by atoms with Crippen LogP contribution in [-0.2, 0) is 11.3 Å². The summed E-state index contributed by atoms with van der Waals surface area (Å²) in [5.41, 5.74) is 0.916. The third kappa shape index (κ3) is 3.41. The van der Waals surface area contributed by atoms with Gasteiger partial charge in [0.15, 0.2) is 0 Å². The highest BCUT2D eigenvalue weighted by atomic mass is 35.5. The maximum absolute atomic E-state index is 13.0. The first-order chi connectivity index (χ1) is 10.1. The first kappa shape index (κ1) is 14.9. The summed E-state index contributed by atoms with van der Waals surface area (Å²) in [6.45, 7) is 4.65. The topological polar surface area (TPSA) is 32.3 Å². The lowest BCUT2D eigenvalue weighted by Crippen LogP contribution is -2.50. The molecule has 1 aliphatic carbocycles. The summed E-state index contributed by atoms with van der Waals surface area (Å²) < 4.78 is 0. The molecule has 1 N–H and O–H groups in total. The van der Waals surface area contributed by atoms with Crippen molar-refractivity contribution < 1.29 is 4.79 Å². The fourth-order valence-corrected chi connectivity index (χ4v) is 3.25. The highest BCUT2D eigenvalue weighted by Gasteiger charge is 2.42. The minimum Gasteiger partial charge on any atom is -0.335 e. The van der Waals surface area contributed by atoms with E-state index >= 15 is 0 Å². The van der Waals surface area contributed by atoms with Crippen LogP contribution in [0.3, 0.4) is 0 Å². The molecule has 0 bridgehead atoms. The first-order valence-electron chi connectivity index (χ1n) is 7.85. The molecule has 0 radical (unpaired) electrons. The van der Waals surface area contributed by atoms with Crippen molar-refractivity contribution in [2.45, 2.75) is 45.2 Å². The number of hydrogen-bond acceptors (Lipinski definition) is 2. The SMILES string of the molecule is CC1(C(=O)N(Cc2ccc(Cl)cc2)C2CC2)CCCNC1. The van der Waals surface area contributed by atoms with Crippen LogP contribution in [0.5, 0.6) is 0 Å². The predicted octanol–water partition coefficient (Wildman–Crippen LogP) is 3.22. The number of amides is 1. The van der Waals surface area contributed by atoms with Crippen molar-refractivity contribution in [3.8, 4) is 0 Å². The highest BCUT2D eigenvalue weighted by Crippen LogP contribution is 2.35. The summed E-state index contributed by atoms with van der Waals surface area (Å²) in [6, 6.07) is 8.28. The molecule has 1 saturated carbocycles. The van der Waals surface area contributed by atoms with E-state index in [0.717, 1.165) is 49.4 Å². The number of piperidine rings is 1. The molecule has 1 saturated heterocycles. The minimum absolute atomic E-state index is 0.243. The van der Waals surface area contributed by atoms with E-state index < -0.39 is 0 Å². The quantitative estimate of drug-likeness (QED) is 0.926. The van der Waals surface area contributed by atoms with Gasteiger partial charge in [-0.3, -0.25) is 4.79 Å². The van der Waals surface area contributed by atoms with E-state index in [9.17, 15) is 4.79 Å². The summed E-state index contributed by atoms with van der Waals surface area (Å²) in [5.74, 6) is 0.312. The second kappa shape index (κ2) is 5.98. The number of rotatable bonds is 4. The van der Waals surface area contributed by atoms with Gasteiger partial charge in [0, 0.05) is 24.2 Å². The van der Waals surface area contributed by atoms with Crippen LogP contribution in [0.15, 0.2) is 24.3 Å². The third-order valence-corrected chi connectivity index (χ3v) is 4.88. The summed E-state index contributed by atoms with van der Waals surface area (Å²) >= 11 is 5.94. The zero-order valence-electron chi connectivity index (χ0n) is 12.6. The maximum Gasteiger partial charge on any atom is 0.230 e. The molecule has 3 rings (SSSR count). The van der Waals surface area contributed by atoms with Gasteiger partial charge in [0.1, 0.15) is 0 Å². The molecule has 114 valence electrons. The molecule has 1 atom stereocenters. The van der Waals surface area contributed by atoms with Crippen molar-refractivity contribution in [2.24, 2.45) is 5.41 Å². The van der Waals surface area contributed by atoms with Gasteiger partial charge in [-0.2, -0.15) is 0 Å². The molecular weight excluding hydrogens is 284 g/mol. The van der Waals surface area contributed by atoms with Gasteiger partial charge in [-0.25, -0.2) is 0 Å². The first-order valence-corrected chi connectivity index (χ1v) is 8.22. The molecule has 0 aromatic heterocycles. The van der Waals surface area contributed by atoms with Gasteiger partial charge >= 0.3 is 0 Å². The highest BCUT2D eigenvalue weighted by molar-refractivity contribution is 6.30. The van der Waals surface area contributed by atoms with Crippen LogP contribution >= 0.6 is 11.6 Å². The maximum atomic E-state index is 13.0. The standard InChI is InChI=1S/C17H23ClN2O/c1-17(9-2-10-19-12-17)16(21)20(15-7-8-15)11-13-3-5-14(18)6-4-13/h3-6,15,19H,2,7-12H2,1H3. The van der Waals surface area contributed by atoms with E-state index in [1.54, 1.807) is 0 Å². The number of nitrogens with one attached hydrogen (secondary N) is 1.